The number of urea groups is 1. The predicted octanol–water partition coefficient (Wildman–Crippen LogP) is -1.44. The number of hydrogen-bond acceptors (Lipinski definition) is 3. The Morgan fingerprint density at radius 1 is 1.50 bits per heavy atom. The summed E-state index contributed by atoms with van der Waals surface area (Å²) in [4.78, 5) is 12.6. The molecule has 1 rings (SSSR count). The second kappa shape index (κ2) is 4.95. The third-order valence-corrected chi connectivity index (χ3v) is 1.94. The van der Waals surface area contributed by atoms with Gasteiger partial charge in [0.1, 0.15) is 0 Å². The summed E-state index contributed by atoms with van der Waals surface area (Å²) in [6.45, 7) is 5.73. The van der Waals surface area contributed by atoms with Crippen LogP contribution in [0.1, 0.15) is 0 Å². The van der Waals surface area contributed by atoms with E-state index in [4.69, 9.17) is 5.73 Å². The van der Waals surface area contributed by atoms with Crippen molar-refractivity contribution < 1.29 is 4.79 Å². The molecular weight excluding hydrogens is 156 g/mol. The van der Waals surface area contributed by atoms with Crippen molar-refractivity contribution >= 4 is 6.03 Å². The zero-order chi connectivity index (χ0) is 8.81. The summed E-state index contributed by atoms with van der Waals surface area (Å²) >= 11 is 0. The van der Waals surface area contributed by atoms with Crippen LogP contribution in [0, 0.1) is 0 Å². The molecule has 1 aliphatic rings. The van der Waals surface area contributed by atoms with Gasteiger partial charge in [0.2, 0.25) is 0 Å². The van der Waals surface area contributed by atoms with Gasteiger partial charge in [0.25, 0.3) is 0 Å². The van der Waals surface area contributed by atoms with Crippen LogP contribution in [0.15, 0.2) is 0 Å². The lowest BCUT2D eigenvalue weighted by Gasteiger charge is -2.26. The van der Waals surface area contributed by atoms with E-state index in [-0.39, 0.29) is 0 Å². The van der Waals surface area contributed by atoms with Gasteiger partial charge in [-0.3, -0.25) is 4.90 Å². The molecule has 0 saturated carbocycles. The number of rotatable bonds is 3. The standard InChI is InChI=1S/C7H16N4O/c8-7(12)10-3-6-11-4-1-9-2-5-11/h9H,1-6H2,(H3,8,10,12). The molecule has 0 aromatic heterocycles. The summed E-state index contributed by atoms with van der Waals surface area (Å²) in [6.07, 6.45) is 0. The number of primary amides is 1. The molecule has 0 atom stereocenters. The average molecular weight is 172 g/mol. The maximum absolute atomic E-state index is 10.3. The molecule has 4 N–H and O–H groups in total. The highest BCUT2D eigenvalue weighted by molar-refractivity contribution is 5.71. The first-order valence-corrected chi connectivity index (χ1v) is 4.25. The number of carbonyl (C=O) groups is 1. The lowest BCUT2D eigenvalue weighted by atomic mass is 10.3. The van der Waals surface area contributed by atoms with Gasteiger partial charge >= 0.3 is 6.03 Å². The molecule has 70 valence electrons. The van der Waals surface area contributed by atoms with Crippen molar-refractivity contribution in [2.45, 2.75) is 0 Å². The minimum atomic E-state index is -0.440. The fourth-order valence-electron chi connectivity index (χ4n) is 1.27. The predicted molar refractivity (Wildman–Crippen MR) is 46.9 cm³/mol. The van der Waals surface area contributed by atoms with Crippen LogP contribution in [0.4, 0.5) is 4.79 Å². The third-order valence-electron chi connectivity index (χ3n) is 1.94. The van der Waals surface area contributed by atoms with Gasteiger partial charge in [-0.05, 0) is 0 Å². The van der Waals surface area contributed by atoms with E-state index in [9.17, 15) is 4.79 Å². The van der Waals surface area contributed by atoms with Crippen LogP contribution >= 0.6 is 0 Å². The molecule has 0 radical (unpaired) electrons. The van der Waals surface area contributed by atoms with Crippen molar-refractivity contribution in [3.05, 3.63) is 0 Å². The van der Waals surface area contributed by atoms with Crippen molar-refractivity contribution in [1.82, 2.24) is 15.5 Å². The Balaban J connectivity index is 2.01. The first-order chi connectivity index (χ1) is 5.79. The first-order valence-electron chi connectivity index (χ1n) is 4.25. The van der Waals surface area contributed by atoms with E-state index in [1.165, 1.54) is 0 Å². The Bertz CT molecular complexity index is 144. The minimum absolute atomic E-state index is 0.440. The van der Waals surface area contributed by atoms with Gasteiger partial charge in [0.05, 0.1) is 0 Å². The van der Waals surface area contributed by atoms with Gasteiger partial charge in [-0.2, -0.15) is 0 Å². The molecule has 0 aromatic carbocycles. The highest BCUT2D eigenvalue weighted by atomic mass is 16.2. The van der Waals surface area contributed by atoms with E-state index in [1.807, 2.05) is 0 Å². The zero-order valence-electron chi connectivity index (χ0n) is 7.18. The van der Waals surface area contributed by atoms with Gasteiger partial charge in [-0.1, -0.05) is 0 Å². The highest BCUT2D eigenvalue weighted by Gasteiger charge is 2.08. The number of nitrogens with two attached hydrogens (primary N) is 1. The fourth-order valence-corrected chi connectivity index (χ4v) is 1.27. The fraction of sp³-hybridized carbons (Fsp3) is 0.857. The summed E-state index contributed by atoms with van der Waals surface area (Å²) in [5.41, 5.74) is 4.93. The van der Waals surface area contributed by atoms with Crippen molar-refractivity contribution in [3.8, 4) is 0 Å². The van der Waals surface area contributed by atoms with Crippen molar-refractivity contribution in [2.75, 3.05) is 39.3 Å². The lowest BCUT2D eigenvalue weighted by molar-refractivity contribution is 0.231. The summed E-state index contributed by atoms with van der Waals surface area (Å²) in [5, 5.41) is 5.83. The maximum atomic E-state index is 10.3. The third kappa shape index (κ3) is 3.54. The van der Waals surface area contributed by atoms with Crippen LogP contribution < -0.4 is 16.4 Å². The zero-order valence-corrected chi connectivity index (χ0v) is 7.18. The molecule has 2 amide bonds. The van der Waals surface area contributed by atoms with Gasteiger partial charge in [0.15, 0.2) is 0 Å². The number of amides is 2. The number of nitrogens with one attached hydrogen (secondary N) is 2. The smallest absolute Gasteiger partial charge is 0.312 e. The summed E-state index contributed by atoms with van der Waals surface area (Å²) in [7, 11) is 0. The molecule has 5 nitrogen and oxygen atoms in total. The quantitative estimate of drug-likeness (QED) is 0.488. The number of piperazine rings is 1. The molecule has 5 heteroatoms. The van der Waals surface area contributed by atoms with Gasteiger partial charge in [0, 0.05) is 39.3 Å². The van der Waals surface area contributed by atoms with E-state index in [0.29, 0.717) is 6.54 Å². The van der Waals surface area contributed by atoms with Gasteiger partial charge < -0.3 is 16.4 Å². The second-order valence-electron chi connectivity index (χ2n) is 2.88. The first kappa shape index (κ1) is 9.28. The van der Waals surface area contributed by atoms with Gasteiger partial charge in [-0.25, -0.2) is 4.79 Å². The SMILES string of the molecule is NC(=O)NCCN1CCNCC1. The molecule has 1 heterocycles. The van der Waals surface area contributed by atoms with E-state index < -0.39 is 6.03 Å². The largest absolute Gasteiger partial charge is 0.352 e. The lowest BCUT2D eigenvalue weighted by Crippen LogP contribution is -2.46. The van der Waals surface area contributed by atoms with E-state index >= 15 is 0 Å². The van der Waals surface area contributed by atoms with Crippen LogP contribution in [0.3, 0.4) is 0 Å². The second-order valence-corrected chi connectivity index (χ2v) is 2.88. The van der Waals surface area contributed by atoms with E-state index in [1.54, 1.807) is 0 Å². The average Bonchev–Trinajstić information content (AvgIpc) is 2.05. The Morgan fingerprint density at radius 2 is 2.17 bits per heavy atom. The van der Waals surface area contributed by atoms with Crippen LogP contribution in [0.2, 0.25) is 0 Å². The van der Waals surface area contributed by atoms with Crippen molar-refractivity contribution in [1.29, 1.82) is 0 Å². The molecular formula is C7H16N4O. The van der Waals surface area contributed by atoms with Crippen molar-refractivity contribution in [3.63, 3.8) is 0 Å². The Labute approximate surface area is 72.3 Å². The van der Waals surface area contributed by atoms with Crippen LogP contribution in [-0.2, 0) is 0 Å². The van der Waals surface area contributed by atoms with Crippen molar-refractivity contribution in [2.24, 2.45) is 5.73 Å². The molecule has 0 aromatic rings. The van der Waals surface area contributed by atoms with Crippen LogP contribution in [-0.4, -0.2) is 50.2 Å². The van der Waals surface area contributed by atoms with E-state index in [2.05, 4.69) is 15.5 Å². The molecule has 12 heavy (non-hydrogen) atoms. The number of carbonyl (C=O) groups excluding carboxylic acids is 1. The summed E-state index contributed by atoms with van der Waals surface area (Å²) in [5.74, 6) is 0. The minimum Gasteiger partial charge on any atom is -0.352 e. The summed E-state index contributed by atoms with van der Waals surface area (Å²) in [6, 6.07) is -0.440. The molecule has 1 saturated heterocycles. The molecule has 1 aliphatic heterocycles. The Hall–Kier alpha value is -0.810. The topological polar surface area (TPSA) is 70.4 Å². The maximum Gasteiger partial charge on any atom is 0.312 e. The monoisotopic (exact) mass is 172 g/mol. The molecule has 0 bridgehead atoms. The van der Waals surface area contributed by atoms with E-state index in [0.717, 1.165) is 32.7 Å². The van der Waals surface area contributed by atoms with Crippen LogP contribution in [0.25, 0.3) is 0 Å². The Kier molecular flexibility index (Phi) is 3.83. The molecule has 0 unspecified atom stereocenters. The normalized spacial score (nSPS) is 19.0. The molecule has 0 spiro atoms. The number of hydrogen-bond donors (Lipinski definition) is 3. The summed E-state index contributed by atoms with van der Waals surface area (Å²) < 4.78 is 0. The Morgan fingerprint density at radius 3 is 2.75 bits per heavy atom. The molecule has 1 fully saturated rings. The highest BCUT2D eigenvalue weighted by Crippen LogP contribution is 1.89. The van der Waals surface area contributed by atoms with Crippen LogP contribution in [0.5, 0.6) is 0 Å². The molecule has 0 aliphatic carbocycles. The number of nitrogens with zero attached hydrogens (tertiary/aromatic N) is 1. The van der Waals surface area contributed by atoms with Gasteiger partial charge in [-0.15, -0.1) is 0 Å².